The highest BCUT2D eigenvalue weighted by molar-refractivity contribution is 7.15. The molecule has 122 valence electrons. The normalized spacial score (nSPS) is 15.3. The molecule has 4 nitrogen and oxygen atoms in total. The summed E-state index contributed by atoms with van der Waals surface area (Å²) in [7, 11) is 0. The Morgan fingerprint density at radius 3 is 2.65 bits per heavy atom. The van der Waals surface area contributed by atoms with E-state index < -0.39 is 0 Å². The van der Waals surface area contributed by atoms with Crippen LogP contribution in [0.3, 0.4) is 0 Å². The average molecular weight is 350 g/mol. The van der Waals surface area contributed by atoms with E-state index in [9.17, 15) is 4.79 Å². The summed E-state index contributed by atoms with van der Waals surface area (Å²) in [6.07, 6.45) is 6.40. The molecule has 3 rings (SSSR count). The predicted octanol–water partition coefficient (Wildman–Crippen LogP) is 4.42. The van der Waals surface area contributed by atoms with Crippen molar-refractivity contribution >= 4 is 34.5 Å². The molecule has 1 N–H and O–H groups in total. The molecule has 0 bridgehead atoms. The number of rotatable bonds is 4. The van der Waals surface area contributed by atoms with E-state index in [1.54, 1.807) is 6.20 Å². The Bertz CT molecular complexity index is 665. The van der Waals surface area contributed by atoms with Crippen molar-refractivity contribution in [3.63, 3.8) is 0 Å². The SMILES string of the molecule is O=C(c1ccccc1NCc1cnc(Cl)s1)N1CCCCCC1. The van der Waals surface area contributed by atoms with Crippen molar-refractivity contribution in [3.05, 3.63) is 45.4 Å². The lowest BCUT2D eigenvalue weighted by atomic mass is 10.1. The molecule has 0 aliphatic carbocycles. The summed E-state index contributed by atoms with van der Waals surface area (Å²) in [5, 5.41) is 3.34. The number of halogens is 1. The number of nitrogens with zero attached hydrogens (tertiary/aromatic N) is 2. The zero-order valence-corrected chi connectivity index (χ0v) is 14.5. The number of nitrogens with one attached hydrogen (secondary N) is 1. The zero-order chi connectivity index (χ0) is 16.1. The molecule has 1 saturated heterocycles. The lowest BCUT2D eigenvalue weighted by molar-refractivity contribution is 0.0762. The van der Waals surface area contributed by atoms with Gasteiger partial charge in [-0.05, 0) is 25.0 Å². The van der Waals surface area contributed by atoms with Crippen LogP contribution in [-0.4, -0.2) is 28.9 Å². The molecule has 0 unspecified atom stereocenters. The second-order valence-electron chi connectivity index (χ2n) is 5.69. The fourth-order valence-corrected chi connectivity index (χ4v) is 3.73. The summed E-state index contributed by atoms with van der Waals surface area (Å²) in [4.78, 5) is 19.9. The number of thiazole rings is 1. The van der Waals surface area contributed by atoms with Crippen LogP contribution < -0.4 is 5.32 Å². The maximum absolute atomic E-state index is 12.8. The highest BCUT2D eigenvalue weighted by Crippen LogP contribution is 2.23. The first-order valence-electron chi connectivity index (χ1n) is 7.96. The van der Waals surface area contributed by atoms with Gasteiger partial charge in [-0.1, -0.05) is 36.6 Å². The second-order valence-corrected chi connectivity index (χ2v) is 7.38. The predicted molar refractivity (Wildman–Crippen MR) is 95.3 cm³/mol. The molecule has 2 aromatic rings. The molecule has 1 aliphatic rings. The van der Waals surface area contributed by atoms with Gasteiger partial charge in [-0.2, -0.15) is 0 Å². The van der Waals surface area contributed by atoms with Gasteiger partial charge in [0.05, 0.1) is 12.1 Å². The fraction of sp³-hybridized carbons (Fsp3) is 0.412. The minimum absolute atomic E-state index is 0.123. The van der Waals surface area contributed by atoms with Crippen LogP contribution in [0.5, 0.6) is 0 Å². The third kappa shape index (κ3) is 4.24. The topological polar surface area (TPSA) is 45.2 Å². The standard InChI is InChI=1S/C17H20ClN3OS/c18-17-20-12-13(23-17)11-19-15-8-4-3-7-14(15)16(22)21-9-5-1-2-6-10-21/h3-4,7-8,12,19H,1-2,5-6,9-11H2. The van der Waals surface area contributed by atoms with E-state index in [-0.39, 0.29) is 5.91 Å². The van der Waals surface area contributed by atoms with Crippen molar-refractivity contribution in [3.8, 4) is 0 Å². The van der Waals surface area contributed by atoms with Gasteiger partial charge in [-0.15, -0.1) is 11.3 Å². The number of benzene rings is 1. The van der Waals surface area contributed by atoms with Crippen molar-refractivity contribution in [1.82, 2.24) is 9.88 Å². The van der Waals surface area contributed by atoms with Gasteiger partial charge in [0.1, 0.15) is 0 Å². The molecule has 23 heavy (non-hydrogen) atoms. The second kappa shape index (κ2) is 7.79. The van der Waals surface area contributed by atoms with Crippen LogP contribution in [0.25, 0.3) is 0 Å². The van der Waals surface area contributed by atoms with Crippen LogP contribution in [-0.2, 0) is 6.54 Å². The third-order valence-electron chi connectivity index (χ3n) is 4.03. The average Bonchev–Trinajstić information content (AvgIpc) is 2.82. The number of hydrogen-bond acceptors (Lipinski definition) is 4. The first kappa shape index (κ1) is 16.3. The monoisotopic (exact) mass is 349 g/mol. The fourth-order valence-electron chi connectivity index (χ4n) is 2.82. The summed E-state index contributed by atoms with van der Waals surface area (Å²) < 4.78 is 0.538. The molecule has 0 spiro atoms. The number of aromatic nitrogens is 1. The van der Waals surface area contributed by atoms with Crippen LogP contribution in [0.15, 0.2) is 30.5 Å². The molecule has 1 aliphatic heterocycles. The maximum atomic E-state index is 12.8. The number of likely N-dealkylation sites (tertiary alicyclic amines) is 1. The summed E-state index contributed by atoms with van der Waals surface area (Å²) >= 11 is 7.31. The lowest BCUT2D eigenvalue weighted by Gasteiger charge is -2.22. The van der Waals surface area contributed by atoms with Gasteiger partial charge in [0.25, 0.3) is 5.91 Å². The number of amides is 1. The van der Waals surface area contributed by atoms with Crippen LogP contribution >= 0.6 is 22.9 Å². The van der Waals surface area contributed by atoms with Crippen molar-refractivity contribution in [1.29, 1.82) is 0 Å². The van der Waals surface area contributed by atoms with E-state index in [0.717, 1.165) is 42.1 Å². The third-order valence-corrected chi connectivity index (χ3v) is 5.14. The molecule has 0 saturated carbocycles. The molecule has 1 aromatic heterocycles. The van der Waals surface area contributed by atoms with Crippen LogP contribution in [0, 0.1) is 0 Å². The minimum atomic E-state index is 0.123. The van der Waals surface area contributed by atoms with E-state index in [0.29, 0.717) is 11.0 Å². The number of para-hydroxylation sites is 1. The Morgan fingerprint density at radius 2 is 1.96 bits per heavy atom. The van der Waals surface area contributed by atoms with E-state index in [2.05, 4.69) is 10.3 Å². The van der Waals surface area contributed by atoms with Crippen LogP contribution in [0.1, 0.15) is 40.9 Å². The number of anilines is 1. The van der Waals surface area contributed by atoms with Crippen LogP contribution in [0.2, 0.25) is 4.47 Å². The molecular formula is C17H20ClN3OS. The summed E-state index contributed by atoms with van der Waals surface area (Å²) in [6.45, 7) is 2.34. The molecular weight excluding hydrogens is 330 g/mol. The van der Waals surface area contributed by atoms with Gasteiger partial charge < -0.3 is 10.2 Å². The number of carbonyl (C=O) groups is 1. The lowest BCUT2D eigenvalue weighted by Crippen LogP contribution is -2.32. The molecule has 6 heteroatoms. The maximum Gasteiger partial charge on any atom is 0.255 e. The highest BCUT2D eigenvalue weighted by atomic mass is 35.5. The van der Waals surface area contributed by atoms with Gasteiger partial charge in [-0.25, -0.2) is 4.98 Å². The van der Waals surface area contributed by atoms with E-state index >= 15 is 0 Å². The van der Waals surface area contributed by atoms with E-state index in [1.807, 2.05) is 29.2 Å². The summed E-state index contributed by atoms with van der Waals surface area (Å²) in [5.41, 5.74) is 1.61. The van der Waals surface area contributed by atoms with Crippen LogP contribution in [0.4, 0.5) is 5.69 Å². The Hall–Kier alpha value is -1.59. The quantitative estimate of drug-likeness (QED) is 0.888. The highest BCUT2D eigenvalue weighted by Gasteiger charge is 2.19. The minimum Gasteiger partial charge on any atom is -0.379 e. The zero-order valence-electron chi connectivity index (χ0n) is 12.9. The number of hydrogen-bond donors (Lipinski definition) is 1. The van der Waals surface area contributed by atoms with Gasteiger partial charge in [0.2, 0.25) is 0 Å². The Kier molecular flexibility index (Phi) is 5.51. The first-order valence-corrected chi connectivity index (χ1v) is 9.16. The Balaban J connectivity index is 1.72. The summed E-state index contributed by atoms with van der Waals surface area (Å²) in [5.74, 6) is 0.123. The van der Waals surface area contributed by atoms with Gasteiger partial charge in [0.15, 0.2) is 4.47 Å². The molecule has 1 fully saturated rings. The molecule has 1 amide bonds. The number of carbonyl (C=O) groups excluding carboxylic acids is 1. The first-order chi connectivity index (χ1) is 11.2. The molecule has 0 atom stereocenters. The molecule has 2 heterocycles. The smallest absolute Gasteiger partial charge is 0.255 e. The Labute approximate surface area is 145 Å². The van der Waals surface area contributed by atoms with Gasteiger partial charge in [0, 0.05) is 29.9 Å². The van der Waals surface area contributed by atoms with E-state index in [1.165, 1.54) is 24.2 Å². The molecule has 0 radical (unpaired) electrons. The molecule has 1 aromatic carbocycles. The summed E-state index contributed by atoms with van der Waals surface area (Å²) in [6, 6.07) is 7.71. The van der Waals surface area contributed by atoms with E-state index in [4.69, 9.17) is 11.6 Å². The van der Waals surface area contributed by atoms with Crippen molar-refractivity contribution < 1.29 is 4.79 Å². The van der Waals surface area contributed by atoms with Gasteiger partial charge >= 0.3 is 0 Å². The van der Waals surface area contributed by atoms with Crippen molar-refractivity contribution in [2.45, 2.75) is 32.2 Å². The largest absolute Gasteiger partial charge is 0.379 e. The van der Waals surface area contributed by atoms with Crippen molar-refractivity contribution in [2.75, 3.05) is 18.4 Å². The Morgan fingerprint density at radius 1 is 1.22 bits per heavy atom. The van der Waals surface area contributed by atoms with Gasteiger partial charge in [-0.3, -0.25) is 4.79 Å². The van der Waals surface area contributed by atoms with Crippen molar-refractivity contribution in [2.24, 2.45) is 0 Å².